The number of para-hydroxylation sites is 1. The normalized spacial score (nSPS) is 10.4. The molecule has 19 heavy (non-hydrogen) atoms. The molecule has 2 nitrogen and oxygen atoms in total. The summed E-state index contributed by atoms with van der Waals surface area (Å²) in [6, 6.07) is 18.4. The van der Waals surface area contributed by atoms with Crippen LogP contribution in [0.15, 0.2) is 54.6 Å². The number of ether oxygens (including phenoxy) is 1. The standard InChI is InChI=1S/C17H20O2/c18-13-7-2-8-14-19-17-12-6-5-11-16(17)15-9-3-1-4-10-15/h1,3-6,9-12,18H,2,7-8,13-14H2. The molecule has 2 heteroatoms. The molecule has 2 aromatic carbocycles. The average Bonchev–Trinajstić information content (AvgIpc) is 2.48. The molecule has 0 aliphatic heterocycles. The van der Waals surface area contributed by atoms with E-state index >= 15 is 0 Å². The van der Waals surface area contributed by atoms with Crippen LogP contribution in [0, 0.1) is 0 Å². The third-order valence-corrected chi connectivity index (χ3v) is 3.03. The minimum atomic E-state index is 0.264. The summed E-state index contributed by atoms with van der Waals surface area (Å²) < 4.78 is 5.86. The second kappa shape index (κ2) is 7.59. The van der Waals surface area contributed by atoms with Gasteiger partial charge < -0.3 is 9.84 Å². The van der Waals surface area contributed by atoms with Gasteiger partial charge in [0, 0.05) is 12.2 Å². The summed E-state index contributed by atoms with van der Waals surface area (Å²) in [4.78, 5) is 0. The fourth-order valence-electron chi connectivity index (χ4n) is 2.02. The molecule has 2 rings (SSSR count). The number of hydrogen-bond donors (Lipinski definition) is 1. The summed E-state index contributed by atoms with van der Waals surface area (Å²) in [5.74, 6) is 0.928. The Balaban J connectivity index is 2.01. The summed E-state index contributed by atoms with van der Waals surface area (Å²) in [5, 5.41) is 8.73. The van der Waals surface area contributed by atoms with Crippen LogP contribution in [0.25, 0.3) is 11.1 Å². The molecule has 0 aliphatic rings. The van der Waals surface area contributed by atoms with Crippen molar-refractivity contribution >= 4 is 0 Å². The van der Waals surface area contributed by atoms with Crippen molar-refractivity contribution < 1.29 is 9.84 Å². The second-order valence-electron chi connectivity index (χ2n) is 4.49. The number of benzene rings is 2. The van der Waals surface area contributed by atoms with Crippen LogP contribution in [0.2, 0.25) is 0 Å². The van der Waals surface area contributed by atoms with Crippen LogP contribution in [0.1, 0.15) is 19.3 Å². The Morgan fingerprint density at radius 1 is 0.789 bits per heavy atom. The van der Waals surface area contributed by atoms with Crippen molar-refractivity contribution in [2.75, 3.05) is 13.2 Å². The molecule has 0 atom stereocenters. The first kappa shape index (κ1) is 13.6. The van der Waals surface area contributed by atoms with E-state index in [2.05, 4.69) is 18.2 Å². The molecule has 0 amide bonds. The Bertz CT molecular complexity index is 480. The first-order chi connectivity index (χ1) is 9.42. The summed E-state index contributed by atoms with van der Waals surface area (Å²) in [5.41, 5.74) is 2.30. The van der Waals surface area contributed by atoms with Gasteiger partial charge in [-0.25, -0.2) is 0 Å². The van der Waals surface area contributed by atoms with Gasteiger partial charge in [-0.05, 0) is 30.9 Å². The Morgan fingerprint density at radius 3 is 2.32 bits per heavy atom. The number of aliphatic hydroxyl groups excluding tert-OH is 1. The third kappa shape index (κ3) is 4.11. The van der Waals surface area contributed by atoms with Crippen molar-refractivity contribution in [2.45, 2.75) is 19.3 Å². The van der Waals surface area contributed by atoms with E-state index in [1.165, 1.54) is 5.56 Å². The predicted molar refractivity (Wildman–Crippen MR) is 78.3 cm³/mol. The van der Waals surface area contributed by atoms with Crippen molar-refractivity contribution in [2.24, 2.45) is 0 Å². The number of aliphatic hydroxyl groups is 1. The zero-order chi connectivity index (χ0) is 13.3. The fourth-order valence-corrected chi connectivity index (χ4v) is 2.02. The lowest BCUT2D eigenvalue weighted by molar-refractivity contribution is 0.266. The Kier molecular flexibility index (Phi) is 5.45. The van der Waals surface area contributed by atoms with Crippen LogP contribution in [0.5, 0.6) is 5.75 Å². The van der Waals surface area contributed by atoms with Gasteiger partial charge in [-0.2, -0.15) is 0 Å². The van der Waals surface area contributed by atoms with Crippen molar-refractivity contribution in [1.82, 2.24) is 0 Å². The second-order valence-corrected chi connectivity index (χ2v) is 4.49. The highest BCUT2D eigenvalue weighted by Gasteiger charge is 2.04. The minimum Gasteiger partial charge on any atom is -0.493 e. The molecule has 1 N–H and O–H groups in total. The molecule has 0 aromatic heterocycles. The highest BCUT2D eigenvalue weighted by Crippen LogP contribution is 2.29. The van der Waals surface area contributed by atoms with Crippen molar-refractivity contribution in [1.29, 1.82) is 0 Å². The van der Waals surface area contributed by atoms with Crippen LogP contribution < -0.4 is 4.74 Å². The maximum atomic E-state index is 8.73. The maximum Gasteiger partial charge on any atom is 0.127 e. The van der Waals surface area contributed by atoms with E-state index < -0.39 is 0 Å². The SMILES string of the molecule is OCCCCCOc1ccccc1-c1ccccc1. The Labute approximate surface area is 114 Å². The van der Waals surface area contributed by atoms with E-state index in [4.69, 9.17) is 9.84 Å². The molecule has 0 unspecified atom stereocenters. The summed E-state index contributed by atoms with van der Waals surface area (Å²) in [6.07, 6.45) is 2.83. The van der Waals surface area contributed by atoms with Gasteiger partial charge in [0.05, 0.1) is 6.61 Å². The molecule has 0 spiro atoms. The lowest BCUT2D eigenvalue weighted by Gasteiger charge is -2.11. The molecular formula is C17H20O2. The van der Waals surface area contributed by atoms with Gasteiger partial charge in [0.1, 0.15) is 5.75 Å². The van der Waals surface area contributed by atoms with Gasteiger partial charge in [-0.15, -0.1) is 0 Å². The van der Waals surface area contributed by atoms with Crippen LogP contribution in [0.4, 0.5) is 0 Å². The Morgan fingerprint density at radius 2 is 1.53 bits per heavy atom. The summed E-state index contributed by atoms with van der Waals surface area (Å²) in [7, 11) is 0. The van der Waals surface area contributed by atoms with E-state index in [1.807, 2.05) is 36.4 Å². The molecule has 2 aromatic rings. The topological polar surface area (TPSA) is 29.5 Å². The molecule has 0 aliphatic carbocycles. The molecule has 0 heterocycles. The lowest BCUT2D eigenvalue weighted by atomic mass is 10.1. The van der Waals surface area contributed by atoms with E-state index in [1.54, 1.807) is 0 Å². The van der Waals surface area contributed by atoms with Crippen LogP contribution in [-0.2, 0) is 0 Å². The van der Waals surface area contributed by atoms with E-state index in [-0.39, 0.29) is 6.61 Å². The molecular weight excluding hydrogens is 236 g/mol. The smallest absolute Gasteiger partial charge is 0.127 e. The average molecular weight is 256 g/mol. The largest absolute Gasteiger partial charge is 0.493 e. The van der Waals surface area contributed by atoms with Gasteiger partial charge in [-0.1, -0.05) is 48.5 Å². The van der Waals surface area contributed by atoms with Crippen molar-refractivity contribution in [3.8, 4) is 16.9 Å². The van der Waals surface area contributed by atoms with E-state index in [0.29, 0.717) is 6.61 Å². The van der Waals surface area contributed by atoms with Gasteiger partial charge in [0.15, 0.2) is 0 Å². The molecule has 0 bridgehead atoms. The zero-order valence-electron chi connectivity index (χ0n) is 11.1. The van der Waals surface area contributed by atoms with E-state index in [9.17, 15) is 0 Å². The molecule has 0 fully saturated rings. The quantitative estimate of drug-likeness (QED) is 0.761. The lowest BCUT2D eigenvalue weighted by Crippen LogP contribution is -1.99. The van der Waals surface area contributed by atoms with Crippen LogP contribution >= 0.6 is 0 Å². The first-order valence-corrected chi connectivity index (χ1v) is 6.80. The van der Waals surface area contributed by atoms with Gasteiger partial charge in [0.25, 0.3) is 0 Å². The summed E-state index contributed by atoms with van der Waals surface area (Å²) >= 11 is 0. The molecule has 0 saturated carbocycles. The number of unbranched alkanes of at least 4 members (excludes halogenated alkanes) is 2. The van der Waals surface area contributed by atoms with Gasteiger partial charge in [0.2, 0.25) is 0 Å². The highest BCUT2D eigenvalue weighted by atomic mass is 16.5. The molecule has 0 saturated heterocycles. The first-order valence-electron chi connectivity index (χ1n) is 6.80. The number of rotatable bonds is 7. The van der Waals surface area contributed by atoms with E-state index in [0.717, 1.165) is 30.6 Å². The number of hydrogen-bond acceptors (Lipinski definition) is 2. The maximum absolute atomic E-state index is 8.73. The third-order valence-electron chi connectivity index (χ3n) is 3.03. The Hall–Kier alpha value is -1.80. The van der Waals surface area contributed by atoms with Gasteiger partial charge >= 0.3 is 0 Å². The van der Waals surface area contributed by atoms with Crippen molar-refractivity contribution in [3.05, 3.63) is 54.6 Å². The fraction of sp³-hybridized carbons (Fsp3) is 0.294. The predicted octanol–water partition coefficient (Wildman–Crippen LogP) is 3.90. The highest BCUT2D eigenvalue weighted by molar-refractivity contribution is 5.70. The molecule has 0 radical (unpaired) electrons. The van der Waals surface area contributed by atoms with Crippen molar-refractivity contribution in [3.63, 3.8) is 0 Å². The van der Waals surface area contributed by atoms with Crippen LogP contribution in [-0.4, -0.2) is 18.3 Å². The van der Waals surface area contributed by atoms with Gasteiger partial charge in [-0.3, -0.25) is 0 Å². The molecule has 100 valence electrons. The zero-order valence-corrected chi connectivity index (χ0v) is 11.1. The van der Waals surface area contributed by atoms with Crippen LogP contribution in [0.3, 0.4) is 0 Å². The minimum absolute atomic E-state index is 0.264. The monoisotopic (exact) mass is 256 g/mol. The summed E-state index contributed by atoms with van der Waals surface area (Å²) in [6.45, 7) is 0.963.